The van der Waals surface area contributed by atoms with Gasteiger partial charge in [-0.2, -0.15) is 0 Å². The molecule has 20 heavy (non-hydrogen) atoms. The molecular weight excluding hydrogens is 248 g/mol. The van der Waals surface area contributed by atoms with Gasteiger partial charge in [0.2, 0.25) is 5.91 Å². The number of amides is 1. The minimum Gasteiger partial charge on any atom is -0.351 e. The van der Waals surface area contributed by atoms with Crippen LogP contribution in [0.4, 0.5) is 0 Å². The maximum Gasteiger partial charge on any atom is 0.240 e. The largest absolute Gasteiger partial charge is 0.351 e. The zero-order valence-electron chi connectivity index (χ0n) is 12.0. The van der Waals surface area contributed by atoms with Crippen molar-refractivity contribution in [1.82, 2.24) is 5.32 Å². The summed E-state index contributed by atoms with van der Waals surface area (Å²) in [5, 5.41) is 3.21. The summed E-state index contributed by atoms with van der Waals surface area (Å²) >= 11 is 0. The second kappa shape index (κ2) is 5.57. The number of carbonyl (C=O) groups excluding carboxylic acids is 1. The van der Waals surface area contributed by atoms with E-state index in [1.54, 1.807) is 0 Å². The molecular formula is C17H24N2O. The molecule has 0 spiro atoms. The van der Waals surface area contributed by atoms with Crippen LogP contribution in [0.25, 0.3) is 0 Å². The molecule has 1 fully saturated rings. The van der Waals surface area contributed by atoms with E-state index in [1.807, 2.05) is 0 Å². The second-order valence-corrected chi connectivity index (χ2v) is 6.40. The average Bonchev–Trinajstić information content (AvgIpc) is 2.48. The first-order chi connectivity index (χ1) is 9.67. The molecule has 3 heteroatoms. The molecule has 3 N–H and O–H groups in total. The molecule has 2 aliphatic rings. The van der Waals surface area contributed by atoms with Crippen molar-refractivity contribution < 1.29 is 4.79 Å². The number of aryl methyl sites for hydroxylation is 1. The van der Waals surface area contributed by atoms with Gasteiger partial charge in [0, 0.05) is 6.04 Å². The lowest BCUT2D eigenvalue weighted by Crippen LogP contribution is -2.57. The molecule has 1 aromatic rings. The van der Waals surface area contributed by atoms with Gasteiger partial charge in [-0.15, -0.1) is 0 Å². The van der Waals surface area contributed by atoms with Gasteiger partial charge in [0.25, 0.3) is 0 Å². The molecule has 1 saturated carbocycles. The Bertz CT molecular complexity index is 492. The molecule has 2 aliphatic carbocycles. The van der Waals surface area contributed by atoms with Crippen LogP contribution in [0.2, 0.25) is 0 Å². The third-order valence-electron chi connectivity index (χ3n) is 4.88. The lowest BCUT2D eigenvalue weighted by Gasteiger charge is -2.34. The highest BCUT2D eigenvalue weighted by molar-refractivity contribution is 5.86. The number of hydrogen-bond donors (Lipinski definition) is 2. The fourth-order valence-electron chi connectivity index (χ4n) is 3.56. The molecule has 0 bridgehead atoms. The van der Waals surface area contributed by atoms with Crippen molar-refractivity contribution in [1.29, 1.82) is 0 Å². The highest BCUT2D eigenvalue weighted by Gasteiger charge is 2.36. The molecule has 0 saturated heterocycles. The minimum atomic E-state index is -0.616. The predicted octanol–water partition coefficient (Wildman–Crippen LogP) is 2.32. The zero-order valence-corrected chi connectivity index (χ0v) is 12.0. The Morgan fingerprint density at radius 2 is 1.85 bits per heavy atom. The quantitative estimate of drug-likeness (QED) is 0.868. The molecule has 0 radical (unpaired) electrons. The van der Waals surface area contributed by atoms with Gasteiger partial charge in [-0.1, -0.05) is 43.5 Å². The van der Waals surface area contributed by atoms with Crippen molar-refractivity contribution in [3.63, 3.8) is 0 Å². The van der Waals surface area contributed by atoms with Crippen LogP contribution >= 0.6 is 0 Å². The second-order valence-electron chi connectivity index (χ2n) is 6.40. The first-order valence-corrected chi connectivity index (χ1v) is 7.84. The van der Waals surface area contributed by atoms with E-state index in [9.17, 15) is 4.79 Å². The summed E-state index contributed by atoms with van der Waals surface area (Å²) in [5.41, 5.74) is 8.49. The number of benzene rings is 1. The maximum absolute atomic E-state index is 12.5. The van der Waals surface area contributed by atoms with E-state index in [2.05, 4.69) is 29.6 Å². The van der Waals surface area contributed by atoms with E-state index < -0.39 is 5.54 Å². The predicted molar refractivity (Wildman–Crippen MR) is 80.4 cm³/mol. The zero-order chi connectivity index (χ0) is 14.0. The molecule has 1 amide bonds. The van der Waals surface area contributed by atoms with Crippen molar-refractivity contribution >= 4 is 5.91 Å². The molecule has 0 aliphatic heterocycles. The van der Waals surface area contributed by atoms with Gasteiger partial charge in [-0.3, -0.25) is 4.79 Å². The van der Waals surface area contributed by atoms with E-state index in [1.165, 1.54) is 17.5 Å². The summed E-state index contributed by atoms with van der Waals surface area (Å²) in [6.45, 7) is 0. The monoisotopic (exact) mass is 272 g/mol. The Kier molecular flexibility index (Phi) is 3.79. The van der Waals surface area contributed by atoms with Crippen molar-refractivity contribution in [3.05, 3.63) is 35.4 Å². The topological polar surface area (TPSA) is 55.1 Å². The molecule has 3 rings (SSSR count). The number of hydrogen-bond acceptors (Lipinski definition) is 2. The summed E-state index contributed by atoms with van der Waals surface area (Å²) in [7, 11) is 0. The van der Waals surface area contributed by atoms with Crippen LogP contribution in [0.15, 0.2) is 24.3 Å². The Hall–Kier alpha value is -1.35. The third-order valence-corrected chi connectivity index (χ3v) is 4.88. The average molecular weight is 272 g/mol. The Balaban J connectivity index is 1.63. The van der Waals surface area contributed by atoms with Crippen LogP contribution in [0.5, 0.6) is 0 Å². The van der Waals surface area contributed by atoms with Crippen LogP contribution < -0.4 is 11.1 Å². The summed E-state index contributed by atoms with van der Waals surface area (Å²) in [4.78, 5) is 12.5. The number of rotatable bonds is 2. The smallest absolute Gasteiger partial charge is 0.240 e. The van der Waals surface area contributed by atoms with Gasteiger partial charge in [0.15, 0.2) is 0 Å². The molecule has 1 aromatic carbocycles. The highest BCUT2D eigenvalue weighted by atomic mass is 16.2. The van der Waals surface area contributed by atoms with Gasteiger partial charge in [0.1, 0.15) is 0 Å². The SMILES string of the molecule is NC1(C(=O)NC2CCc3ccccc3C2)CCCCC1. The van der Waals surface area contributed by atoms with Gasteiger partial charge in [0.05, 0.1) is 5.54 Å². The summed E-state index contributed by atoms with van der Waals surface area (Å²) in [6, 6.07) is 8.79. The molecule has 1 atom stereocenters. The maximum atomic E-state index is 12.5. The number of fused-ring (bicyclic) bond motifs is 1. The first-order valence-electron chi connectivity index (χ1n) is 7.84. The van der Waals surface area contributed by atoms with E-state index in [-0.39, 0.29) is 11.9 Å². The van der Waals surface area contributed by atoms with Gasteiger partial charge < -0.3 is 11.1 Å². The molecule has 108 valence electrons. The van der Waals surface area contributed by atoms with Crippen molar-refractivity contribution in [3.8, 4) is 0 Å². The Morgan fingerprint density at radius 3 is 2.60 bits per heavy atom. The third kappa shape index (κ3) is 2.73. The van der Waals surface area contributed by atoms with Crippen molar-refractivity contribution in [2.45, 2.75) is 62.9 Å². The standard InChI is InChI=1S/C17H24N2O/c18-17(10-4-1-5-11-17)16(20)19-15-9-8-13-6-2-3-7-14(13)12-15/h2-3,6-7,15H,1,4-5,8-12,18H2,(H,19,20). The van der Waals surface area contributed by atoms with E-state index in [0.717, 1.165) is 44.9 Å². The minimum absolute atomic E-state index is 0.0709. The number of carbonyl (C=O) groups is 1. The van der Waals surface area contributed by atoms with Gasteiger partial charge in [-0.25, -0.2) is 0 Å². The van der Waals surface area contributed by atoms with E-state index in [0.29, 0.717) is 0 Å². The molecule has 3 nitrogen and oxygen atoms in total. The fourth-order valence-corrected chi connectivity index (χ4v) is 3.56. The van der Waals surface area contributed by atoms with Gasteiger partial charge in [-0.05, 0) is 43.2 Å². The van der Waals surface area contributed by atoms with Crippen LogP contribution in [0.3, 0.4) is 0 Å². The van der Waals surface area contributed by atoms with Crippen LogP contribution in [-0.2, 0) is 17.6 Å². The highest BCUT2D eigenvalue weighted by Crippen LogP contribution is 2.27. The van der Waals surface area contributed by atoms with Crippen molar-refractivity contribution in [2.75, 3.05) is 0 Å². The van der Waals surface area contributed by atoms with Crippen LogP contribution in [0, 0.1) is 0 Å². The number of nitrogens with one attached hydrogen (secondary N) is 1. The Morgan fingerprint density at radius 1 is 1.15 bits per heavy atom. The van der Waals surface area contributed by atoms with Crippen molar-refractivity contribution in [2.24, 2.45) is 5.73 Å². The summed E-state index contributed by atoms with van der Waals surface area (Å²) in [5.74, 6) is 0.0709. The first kappa shape index (κ1) is 13.6. The van der Waals surface area contributed by atoms with Crippen LogP contribution in [0.1, 0.15) is 49.7 Å². The lowest BCUT2D eigenvalue weighted by atomic mass is 9.81. The number of nitrogens with two attached hydrogens (primary N) is 1. The van der Waals surface area contributed by atoms with Crippen LogP contribution in [-0.4, -0.2) is 17.5 Å². The lowest BCUT2D eigenvalue weighted by molar-refractivity contribution is -0.128. The molecule has 0 aromatic heterocycles. The normalized spacial score (nSPS) is 24.8. The molecule has 1 unspecified atom stereocenters. The Labute approximate surface area is 120 Å². The van der Waals surface area contributed by atoms with E-state index >= 15 is 0 Å². The van der Waals surface area contributed by atoms with E-state index in [4.69, 9.17) is 5.73 Å². The summed E-state index contributed by atoms with van der Waals surface area (Å²) < 4.78 is 0. The molecule has 0 heterocycles. The fraction of sp³-hybridized carbons (Fsp3) is 0.588. The van der Waals surface area contributed by atoms with Gasteiger partial charge >= 0.3 is 0 Å². The summed E-state index contributed by atoms with van der Waals surface area (Å²) in [6.07, 6.45) is 8.07.